The molecule has 11 heavy (non-hydrogen) atoms. The van der Waals surface area contributed by atoms with Crippen LogP contribution in [0.5, 0.6) is 0 Å². The van der Waals surface area contributed by atoms with Gasteiger partial charge in [-0.25, -0.2) is 4.39 Å². The summed E-state index contributed by atoms with van der Waals surface area (Å²) >= 11 is 0. The summed E-state index contributed by atoms with van der Waals surface area (Å²) in [6.45, 7) is 5.63. The van der Waals surface area contributed by atoms with E-state index in [4.69, 9.17) is 5.11 Å². The summed E-state index contributed by atoms with van der Waals surface area (Å²) < 4.78 is 13.0. The summed E-state index contributed by atoms with van der Waals surface area (Å²) in [5.74, 6) is 0.582. The predicted molar refractivity (Wildman–Crippen MR) is 42.2 cm³/mol. The van der Waals surface area contributed by atoms with Crippen LogP contribution in [0.15, 0.2) is 0 Å². The molecule has 0 unspecified atom stereocenters. The van der Waals surface area contributed by atoms with Crippen LogP contribution in [0, 0.1) is 5.92 Å². The fraction of sp³-hybridized carbons (Fsp3) is 1.00. The molecule has 1 saturated heterocycles. The fourth-order valence-corrected chi connectivity index (χ4v) is 1.50. The first-order chi connectivity index (χ1) is 5.06. The normalized spacial score (nSPS) is 23.7. The molecule has 0 saturated carbocycles. The maximum Gasteiger partial charge on any atom is 0.159 e. The minimum absolute atomic E-state index is 0.332. The average Bonchev–Trinajstić information content (AvgIpc) is 1.83. The van der Waals surface area contributed by atoms with Gasteiger partial charge >= 0.3 is 0 Å². The maximum atomic E-state index is 13.0. The van der Waals surface area contributed by atoms with Crippen molar-refractivity contribution in [1.82, 2.24) is 4.90 Å². The van der Waals surface area contributed by atoms with Gasteiger partial charge in [-0.15, -0.1) is 0 Å². The van der Waals surface area contributed by atoms with Gasteiger partial charge in [0.1, 0.15) is 0 Å². The summed E-state index contributed by atoms with van der Waals surface area (Å²) in [4.78, 5) is 2.03. The zero-order valence-electron chi connectivity index (χ0n) is 7.18. The third-order valence-electron chi connectivity index (χ3n) is 1.92. The van der Waals surface area contributed by atoms with Gasteiger partial charge in [0.05, 0.1) is 6.61 Å². The first-order valence-electron chi connectivity index (χ1n) is 4.08. The summed E-state index contributed by atoms with van der Waals surface area (Å²) in [5.41, 5.74) is -1.30. The number of alkyl halides is 1. The van der Waals surface area contributed by atoms with E-state index in [1.807, 2.05) is 4.90 Å². The zero-order valence-corrected chi connectivity index (χ0v) is 7.18. The fourth-order valence-electron chi connectivity index (χ4n) is 1.50. The Morgan fingerprint density at radius 3 is 2.45 bits per heavy atom. The van der Waals surface area contributed by atoms with Gasteiger partial charge in [-0.2, -0.15) is 0 Å². The average molecular weight is 161 g/mol. The number of likely N-dealkylation sites (tertiary alicyclic amines) is 1. The number of aliphatic hydroxyl groups excluding tert-OH is 1. The van der Waals surface area contributed by atoms with Crippen molar-refractivity contribution >= 4 is 0 Å². The Morgan fingerprint density at radius 1 is 1.55 bits per heavy atom. The van der Waals surface area contributed by atoms with Gasteiger partial charge in [-0.05, 0) is 5.92 Å². The molecule has 1 rings (SSSR count). The molecular weight excluding hydrogens is 145 g/mol. The zero-order chi connectivity index (χ0) is 8.48. The molecule has 66 valence electrons. The van der Waals surface area contributed by atoms with Crippen molar-refractivity contribution in [3.63, 3.8) is 0 Å². The van der Waals surface area contributed by atoms with Crippen molar-refractivity contribution in [2.75, 3.05) is 26.2 Å². The molecule has 3 heteroatoms. The van der Waals surface area contributed by atoms with Gasteiger partial charge in [0, 0.05) is 19.6 Å². The highest BCUT2D eigenvalue weighted by molar-refractivity contribution is 4.95. The van der Waals surface area contributed by atoms with Gasteiger partial charge in [-0.1, -0.05) is 13.8 Å². The van der Waals surface area contributed by atoms with Crippen LogP contribution in [0.25, 0.3) is 0 Å². The van der Waals surface area contributed by atoms with E-state index < -0.39 is 5.67 Å². The van der Waals surface area contributed by atoms with E-state index in [2.05, 4.69) is 13.8 Å². The number of hydrogen-bond donors (Lipinski definition) is 1. The molecule has 2 nitrogen and oxygen atoms in total. The summed E-state index contributed by atoms with van der Waals surface area (Å²) in [6.07, 6.45) is 0. The van der Waals surface area contributed by atoms with Gasteiger partial charge < -0.3 is 5.11 Å². The molecule has 0 aromatic carbocycles. The second kappa shape index (κ2) is 3.07. The highest BCUT2D eigenvalue weighted by Gasteiger charge is 2.42. The Bertz CT molecular complexity index is 132. The lowest BCUT2D eigenvalue weighted by molar-refractivity contribution is -0.0705. The Kier molecular flexibility index (Phi) is 2.50. The van der Waals surface area contributed by atoms with E-state index >= 15 is 0 Å². The van der Waals surface area contributed by atoms with Crippen LogP contribution in [-0.4, -0.2) is 41.9 Å². The Morgan fingerprint density at radius 2 is 2.09 bits per heavy atom. The van der Waals surface area contributed by atoms with E-state index in [9.17, 15) is 4.39 Å². The molecule has 0 radical (unpaired) electrons. The molecule has 0 atom stereocenters. The molecule has 1 fully saturated rings. The summed E-state index contributed by atoms with van der Waals surface area (Å²) in [5, 5.41) is 8.60. The topological polar surface area (TPSA) is 23.5 Å². The lowest BCUT2D eigenvalue weighted by Crippen LogP contribution is -2.61. The predicted octanol–water partition coefficient (Wildman–Crippen LogP) is 0.659. The molecule has 1 aliphatic rings. The maximum absolute atomic E-state index is 13.0. The standard InChI is InChI=1S/C8H16FNO/c1-7(2)3-10-4-8(9,5-10)6-11/h7,11H,3-6H2,1-2H3. The third kappa shape index (κ3) is 2.14. The second-order valence-corrected chi connectivity index (χ2v) is 3.87. The van der Waals surface area contributed by atoms with E-state index in [1.54, 1.807) is 0 Å². The lowest BCUT2D eigenvalue weighted by Gasteiger charge is -2.44. The highest BCUT2D eigenvalue weighted by atomic mass is 19.1. The van der Waals surface area contributed by atoms with Gasteiger partial charge in [0.15, 0.2) is 5.67 Å². The Labute approximate surface area is 67.0 Å². The SMILES string of the molecule is CC(C)CN1CC(F)(CO)C1. The van der Waals surface area contributed by atoms with Crippen molar-refractivity contribution < 1.29 is 9.50 Å². The molecule has 0 amide bonds. The molecule has 1 aliphatic heterocycles. The molecule has 1 heterocycles. The minimum atomic E-state index is -1.30. The first-order valence-corrected chi connectivity index (χ1v) is 4.08. The molecular formula is C8H16FNO. The minimum Gasteiger partial charge on any atom is -0.393 e. The van der Waals surface area contributed by atoms with Crippen LogP contribution in [0.1, 0.15) is 13.8 Å². The van der Waals surface area contributed by atoms with Gasteiger partial charge in [0.25, 0.3) is 0 Å². The first kappa shape index (κ1) is 8.94. The number of rotatable bonds is 3. The van der Waals surface area contributed by atoms with Crippen LogP contribution in [0.2, 0.25) is 0 Å². The van der Waals surface area contributed by atoms with Gasteiger partial charge in [-0.3, -0.25) is 4.90 Å². The van der Waals surface area contributed by atoms with Crippen LogP contribution < -0.4 is 0 Å². The van der Waals surface area contributed by atoms with Crippen molar-refractivity contribution in [3.05, 3.63) is 0 Å². The number of hydrogen-bond acceptors (Lipinski definition) is 2. The highest BCUT2D eigenvalue weighted by Crippen LogP contribution is 2.24. The monoisotopic (exact) mass is 161 g/mol. The van der Waals surface area contributed by atoms with Crippen LogP contribution in [0.4, 0.5) is 4.39 Å². The molecule has 0 aliphatic carbocycles. The number of halogens is 1. The van der Waals surface area contributed by atoms with E-state index in [1.165, 1.54) is 0 Å². The molecule has 0 aromatic rings. The lowest BCUT2D eigenvalue weighted by atomic mass is 9.96. The van der Waals surface area contributed by atoms with Crippen LogP contribution in [-0.2, 0) is 0 Å². The third-order valence-corrected chi connectivity index (χ3v) is 1.92. The van der Waals surface area contributed by atoms with Crippen molar-refractivity contribution in [2.45, 2.75) is 19.5 Å². The Balaban J connectivity index is 2.18. The number of nitrogens with zero attached hydrogens (tertiary/aromatic N) is 1. The van der Waals surface area contributed by atoms with Crippen LogP contribution >= 0.6 is 0 Å². The Hall–Kier alpha value is -0.150. The van der Waals surface area contributed by atoms with E-state index in [-0.39, 0.29) is 6.61 Å². The van der Waals surface area contributed by atoms with Crippen molar-refractivity contribution in [1.29, 1.82) is 0 Å². The summed E-state index contributed by atoms with van der Waals surface area (Å²) in [6, 6.07) is 0. The van der Waals surface area contributed by atoms with Gasteiger partial charge in [0.2, 0.25) is 0 Å². The molecule has 0 spiro atoms. The van der Waals surface area contributed by atoms with E-state index in [0.717, 1.165) is 6.54 Å². The van der Waals surface area contributed by atoms with Crippen LogP contribution in [0.3, 0.4) is 0 Å². The smallest absolute Gasteiger partial charge is 0.159 e. The molecule has 0 bridgehead atoms. The quantitative estimate of drug-likeness (QED) is 0.657. The van der Waals surface area contributed by atoms with Crippen molar-refractivity contribution in [3.8, 4) is 0 Å². The second-order valence-electron chi connectivity index (χ2n) is 3.87. The largest absolute Gasteiger partial charge is 0.393 e. The van der Waals surface area contributed by atoms with Crippen molar-refractivity contribution in [2.24, 2.45) is 5.92 Å². The van der Waals surface area contributed by atoms with E-state index in [0.29, 0.717) is 19.0 Å². The number of aliphatic hydroxyl groups is 1. The molecule has 1 N–H and O–H groups in total. The summed E-state index contributed by atoms with van der Waals surface area (Å²) in [7, 11) is 0. The molecule has 0 aromatic heterocycles.